The number of nitrogens with zero attached hydrogens (tertiary/aromatic N) is 1. The Hall–Kier alpha value is -1.03. The fraction of sp³-hybridized carbons (Fsp3) is 0.786. The smallest absolute Gasteiger partial charge is 0.413 e. The van der Waals surface area contributed by atoms with E-state index in [9.17, 15) is 4.79 Å². The number of carbonyl (C=O) groups is 1. The summed E-state index contributed by atoms with van der Waals surface area (Å²) >= 11 is 0. The van der Waals surface area contributed by atoms with Crippen LogP contribution in [0, 0.1) is 0 Å². The molecule has 2 fully saturated rings. The summed E-state index contributed by atoms with van der Waals surface area (Å²) in [6, 6.07) is 0.00681. The maximum Gasteiger partial charge on any atom is 0.413 e. The predicted molar refractivity (Wildman–Crippen MR) is 69.2 cm³/mol. The van der Waals surface area contributed by atoms with Gasteiger partial charge in [0.25, 0.3) is 0 Å². The van der Waals surface area contributed by atoms with Gasteiger partial charge in [-0.05, 0) is 47.5 Å². The van der Waals surface area contributed by atoms with Crippen molar-refractivity contribution in [1.29, 1.82) is 0 Å². The van der Waals surface area contributed by atoms with Crippen molar-refractivity contribution >= 4 is 6.09 Å². The molecule has 1 amide bonds. The van der Waals surface area contributed by atoms with Crippen molar-refractivity contribution in [3.63, 3.8) is 0 Å². The van der Waals surface area contributed by atoms with Crippen molar-refractivity contribution in [3.05, 3.63) is 11.6 Å². The lowest BCUT2D eigenvalue weighted by Gasteiger charge is -2.34. The van der Waals surface area contributed by atoms with Crippen LogP contribution in [0.5, 0.6) is 0 Å². The minimum atomic E-state index is -0.598. The zero-order valence-electron chi connectivity index (χ0n) is 11.9. The molecule has 1 saturated heterocycles. The molecule has 0 aromatic heterocycles. The average Bonchev–Trinajstić information content (AvgIpc) is 2.89. The lowest BCUT2D eigenvalue weighted by molar-refractivity contribution is -0.0610. The minimum absolute atomic E-state index is 0.00681. The van der Waals surface area contributed by atoms with E-state index in [2.05, 4.69) is 6.08 Å². The first-order valence-electron chi connectivity index (χ1n) is 6.55. The van der Waals surface area contributed by atoms with Crippen molar-refractivity contribution in [2.75, 3.05) is 6.61 Å². The van der Waals surface area contributed by atoms with E-state index in [4.69, 9.17) is 9.47 Å². The Balaban J connectivity index is 2.14. The van der Waals surface area contributed by atoms with E-state index in [1.165, 1.54) is 5.57 Å². The summed E-state index contributed by atoms with van der Waals surface area (Å²) in [5.41, 5.74) is 0.335. The molecule has 0 aromatic carbocycles. The molecule has 4 nitrogen and oxygen atoms in total. The summed E-state index contributed by atoms with van der Waals surface area (Å²) in [5, 5.41) is 0. The molecular weight excluding hydrogens is 230 g/mol. The molecule has 0 bridgehead atoms. The van der Waals surface area contributed by atoms with Gasteiger partial charge in [0.1, 0.15) is 11.3 Å². The largest absolute Gasteiger partial charge is 0.444 e. The Kier molecular flexibility index (Phi) is 3.18. The molecule has 0 spiro atoms. The molecular formula is C14H23NO3. The third kappa shape index (κ3) is 3.05. The van der Waals surface area contributed by atoms with Crippen LogP contribution in [0.1, 0.15) is 47.5 Å². The van der Waals surface area contributed by atoms with Crippen molar-refractivity contribution in [3.8, 4) is 0 Å². The van der Waals surface area contributed by atoms with Crippen LogP contribution in [0.15, 0.2) is 11.6 Å². The van der Waals surface area contributed by atoms with Gasteiger partial charge in [0, 0.05) is 0 Å². The number of allylic oxidation sites excluding steroid dienone is 1. The second-order valence-corrected chi connectivity index (χ2v) is 6.50. The van der Waals surface area contributed by atoms with E-state index in [0.717, 1.165) is 12.8 Å². The number of carbonyl (C=O) groups excluding carboxylic acids is 1. The summed E-state index contributed by atoms with van der Waals surface area (Å²) in [6.07, 6.45) is 4.16. The minimum Gasteiger partial charge on any atom is -0.444 e. The summed E-state index contributed by atoms with van der Waals surface area (Å²) in [5.74, 6) is 0. The highest BCUT2D eigenvalue weighted by molar-refractivity contribution is 5.70. The number of amides is 1. The SMILES string of the molecule is CC(C)(C)OC(=O)N1[C@@H](C=C2CC2)COC1(C)C. The molecule has 1 heterocycles. The van der Waals surface area contributed by atoms with Crippen LogP contribution in [-0.4, -0.2) is 35.0 Å². The van der Waals surface area contributed by atoms with Crippen LogP contribution >= 0.6 is 0 Å². The van der Waals surface area contributed by atoms with Gasteiger partial charge >= 0.3 is 6.09 Å². The fourth-order valence-corrected chi connectivity index (χ4v) is 2.13. The first kappa shape index (κ1) is 13.4. The third-order valence-corrected chi connectivity index (χ3v) is 3.08. The topological polar surface area (TPSA) is 38.8 Å². The first-order chi connectivity index (χ1) is 8.19. The Labute approximate surface area is 109 Å². The van der Waals surface area contributed by atoms with Gasteiger partial charge in [0.15, 0.2) is 0 Å². The molecule has 0 unspecified atom stereocenters. The van der Waals surface area contributed by atoms with E-state index < -0.39 is 11.3 Å². The molecule has 0 N–H and O–H groups in total. The lowest BCUT2D eigenvalue weighted by Crippen LogP contribution is -2.49. The van der Waals surface area contributed by atoms with E-state index in [-0.39, 0.29) is 12.1 Å². The zero-order chi connectivity index (χ0) is 13.6. The highest BCUT2D eigenvalue weighted by Gasteiger charge is 2.45. The quantitative estimate of drug-likeness (QED) is 0.674. The van der Waals surface area contributed by atoms with Gasteiger partial charge in [-0.25, -0.2) is 4.79 Å². The van der Waals surface area contributed by atoms with Crippen molar-refractivity contribution in [2.24, 2.45) is 0 Å². The van der Waals surface area contributed by atoms with Gasteiger partial charge in [-0.15, -0.1) is 0 Å². The molecule has 102 valence electrons. The standard InChI is InChI=1S/C14H23NO3/c1-13(2,3)18-12(16)15-11(8-10-6-7-10)9-17-14(15,4)5/h8,11H,6-7,9H2,1-5H3/t11-/m0/s1. The zero-order valence-corrected chi connectivity index (χ0v) is 11.9. The van der Waals surface area contributed by atoms with Gasteiger partial charge in [0.2, 0.25) is 0 Å². The van der Waals surface area contributed by atoms with Crippen molar-refractivity contribution in [2.45, 2.75) is 64.8 Å². The van der Waals surface area contributed by atoms with Crippen LogP contribution in [0.2, 0.25) is 0 Å². The van der Waals surface area contributed by atoms with Crippen LogP contribution in [-0.2, 0) is 9.47 Å². The third-order valence-electron chi connectivity index (χ3n) is 3.08. The van der Waals surface area contributed by atoms with E-state index in [0.29, 0.717) is 6.61 Å². The van der Waals surface area contributed by atoms with Crippen LogP contribution in [0.4, 0.5) is 4.79 Å². The normalized spacial score (nSPS) is 26.2. The number of hydrogen-bond donors (Lipinski definition) is 0. The highest BCUT2D eigenvalue weighted by Crippen LogP contribution is 2.34. The summed E-state index contributed by atoms with van der Waals surface area (Å²) in [4.78, 5) is 14.0. The number of ether oxygens (including phenoxy) is 2. The van der Waals surface area contributed by atoms with Crippen molar-refractivity contribution < 1.29 is 14.3 Å². The maximum atomic E-state index is 12.3. The number of hydrogen-bond acceptors (Lipinski definition) is 3. The van der Waals surface area contributed by atoms with Crippen LogP contribution in [0.25, 0.3) is 0 Å². The summed E-state index contributed by atoms with van der Waals surface area (Å²) in [6.45, 7) is 10.00. The molecule has 1 atom stereocenters. The van der Waals surface area contributed by atoms with Gasteiger partial charge in [0.05, 0.1) is 12.6 Å². The number of rotatable bonds is 1. The maximum absolute atomic E-state index is 12.3. The van der Waals surface area contributed by atoms with Gasteiger partial charge in [-0.2, -0.15) is 0 Å². The average molecular weight is 253 g/mol. The lowest BCUT2D eigenvalue weighted by atomic mass is 10.2. The molecule has 0 radical (unpaired) electrons. The highest BCUT2D eigenvalue weighted by atomic mass is 16.6. The Morgan fingerprint density at radius 3 is 2.56 bits per heavy atom. The molecule has 4 heteroatoms. The van der Waals surface area contributed by atoms with Crippen molar-refractivity contribution in [1.82, 2.24) is 4.90 Å². The fourth-order valence-electron chi connectivity index (χ4n) is 2.13. The monoisotopic (exact) mass is 253 g/mol. The molecule has 1 aliphatic heterocycles. The second kappa shape index (κ2) is 4.26. The molecule has 0 aromatic rings. The molecule has 18 heavy (non-hydrogen) atoms. The summed E-state index contributed by atoms with van der Waals surface area (Å²) < 4.78 is 11.2. The molecule has 2 rings (SSSR count). The Morgan fingerprint density at radius 1 is 1.44 bits per heavy atom. The van der Waals surface area contributed by atoms with Crippen LogP contribution in [0.3, 0.4) is 0 Å². The molecule has 1 saturated carbocycles. The van der Waals surface area contributed by atoms with E-state index in [1.807, 2.05) is 34.6 Å². The van der Waals surface area contributed by atoms with E-state index in [1.54, 1.807) is 4.90 Å². The summed E-state index contributed by atoms with van der Waals surface area (Å²) in [7, 11) is 0. The van der Waals surface area contributed by atoms with Gasteiger partial charge < -0.3 is 9.47 Å². The van der Waals surface area contributed by atoms with Gasteiger partial charge in [-0.1, -0.05) is 11.6 Å². The molecule has 1 aliphatic carbocycles. The Bertz CT molecular complexity index is 373. The predicted octanol–water partition coefficient (Wildman–Crippen LogP) is 3.08. The first-order valence-corrected chi connectivity index (χ1v) is 6.55. The van der Waals surface area contributed by atoms with Gasteiger partial charge in [-0.3, -0.25) is 4.90 Å². The second-order valence-electron chi connectivity index (χ2n) is 6.50. The van der Waals surface area contributed by atoms with Crippen LogP contribution < -0.4 is 0 Å². The Morgan fingerprint density at radius 2 is 2.06 bits per heavy atom. The molecule has 2 aliphatic rings. The van der Waals surface area contributed by atoms with E-state index >= 15 is 0 Å².